The molecule has 0 amide bonds. The summed E-state index contributed by atoms with van der Waals surface area (Å²) < 4.78 is 5.97. The fourth-order valence-corrected chi connectivity index (χ4v) is 11.2. The molecule has 20 heavy (non-hydrogen) atoms. The van der Waals surface area contributed by atoms with Crippen LogP contribution in [0.2, 0.25) is 0 Å². The first kappa shape index (κ1) is 14.4. The van der Waals surface area contributed by atoms with Crippen LogP contribution >= 0.6 is 0 Å². The Morgan fingerprint density at radius 1 is 0.800 bits per heavy atom. The van der Waals surface area contributed by atoms with Gasteiger partial charge >= 0.3 is 142 Å². The summed E-state index contributed by atoms with van der Waals surface area (Å²) in [6, 6.07) is 17.9. The molecule has 0 N–H and O–H groups in total. The Morgan fingerprint density at radius 3 is 2.05 bits per heavy atom. The third-order valence-corrected chi connectivity index (χ3v) is 12.6. The van der Waals surface area contributed by atoms with Crippen LogP contribution in [0.25, 0.3) is 9.70 Å². The molecular weight excluding hydrogens is 471 g/mol. The zero-order valence-electron chi connectivity index (χ0n) is 11.6. The average Bonchev–Trinajstić information content (AvgIpc) is 2.91. The summed E-state index contributed by atoms with van der Waals surface area (Å²) in [5, 5.41) is 0. The van der Waals surface area contributed by atoms with E-state index < -0.39 is 0 Å². The number of hydrogen-bond donors (Lipinski definition) is 0. The third kappa shape index (κ3) is 3.58. The second-order valence-electron chi connectivity index (χ2n) is 4.94. The normalized spacial score (nSPS) is 16.5. The van der Waals surface area contributed by atoms with Crippen LogP contribution in [0.3, 0.4) is 0 Å². The molecule has 0 saturated carbocycles. The first-order valence-corrected chi connectivity index (χ1v) is 11.4. The number of aryl methyl sites for hydroxylation is 2. The van der Waals surface area contributed by atoms with Crippen molar-refractivity contribution in [2.75, 3.05) is 0 Å². The maximum absolute atomic E-state index is 2.55. The van der Waals surface area contributed by atoms with Gasteiger partial charge in [0, 0.05) is 0 Å². The topological polar surface area (TPSA) is 0 Å². The summed E-state index contributed by atoms with van der Waals surface area (Å²) >= 11 is -0.185. The third-order valence-electron chi connectivity index (χ3n) is 3.19. The summed E-state index contributed by atoms with van der Waals surface area (Å²) in [6.07, 6.45) is 2.45. The summed E-state index contributed by atoms with van der Waals surface area (Å²) in [4.78, 5) is 0. The average molecular weight is 488 g/mol. The van der Waals surface area contributed by atoms with Crippen molar-refractivity contribution in [2.45, 2.75) is 13.8 Å². The second kappa shape index (κ2) is 6.51. The van der Waals surface area contributed by atoms with Crippen molar-refractivity contribution >= 4 is 51.5 Å². The van der Waals surface area contributed by atoms with Crippen molar-refractivity contribution < 1.29 is 0 Å². The minimum absolute atomic E-state index is 0.0586. The quantitative estimate of drug-likeness (QED) is 0.562. The van der Waals surface area contributed by atoms with Gasteiger partial charge in [-0.25, -0.2) is 0 Å². The van der Waals surface area contributed by atoms with E-state index in [1.54, 1.807) is 5.29 Å². The summed E-state index contributed by atoms with van der Waals surface area (Å²) in [5.41, 5.74) is 5.51. The van der Waals surface area contributed by atoms with Crippen molar-refractivity contribution in [1.82, 2.24) is 0 Å². The van der Waals surface area contributed by atoms with E-state index in [0.29, 0.717) is 0 Å². The molecule has 100 valence electrons. The molecule has 0 saturated heterocycles. The van der Waals surface area contributed by atoms with Crippen molar-refractivity contribution in [1.29, 1.82) is 0 Å². The van der Waals surface area contributed by atoms with Crippen molar-refractivity contribution in [2.24, 2.45) is 0 Å². The molecular formula is C18H16Te2. The molecule has 2 aromatic carbocycles. The molecule has 0 nitrogen and oxygen atoms in total. The van der Waals surface area contributed by atoms with Crippen LogP contribution in [-0.4, -0.2) is 41.8 Å². The van der Waals surface area contributed by atoms with Crippen LogP contribution in [0.5, 0.6) is 0 Å². The molecule has 0 aromatic heterocycles. The second-order valence-corrected chi connectivity index (χ2v) is 13.1. The van der Waals surface area contributed by atoms with Crippen LogP contribution < -0.4 is 0 Å². The van der Waals surface area contributed by atoms with Gasteiger partial charge in [-0.15, -0.1) is 0 Å². The van der Waals surface area contributed by atoms with E-state index in [2.05, 4.69) is 72.6 Å². The van der Waals surface area contributed by atoms with Crippen molar-refractivity contribution in [3.63, 3.8) is 0 Å². The summed E-state index contributed by atoms with van der Waals surface area (Å²) in [7, 11) is 0. The number of rotatable bonds is 2. The fourth-order valence-electron chi connectivity index (χ4n) is 1.98. The van der Waals surface area contributed by atoms with E-state index in [0.717, 1.165) is 0 Å². The van der Waals surface area contributed by atoms with Crippen LogP contribution in [-0.2, 0) is 0 Å². The van der Waals surface area contributed by atoms with Crippen LogP contribution in [0.15, 0.2) is 54.3 Å². The predicted octanol–water partition coefficient (Wildman–Crippen LogP) is 4.02. The molecule has 0 aliphatic carbocycles. The molecule has 2 aromatic rings. The first-order valence-electron chi connectivity index (χ1n) is 6.61. The van der Waals surface area contributed by atoms with Crippen LogP contribution in [0.1, 0.15) is 22.3 Å². The van der Waals surface area contributed by atoms with Gasteiger partial charge < -0.3 is 0 Å². The Kier molecular flexibility index (Phi) is 4.70. The van der Waals surface area contributed by atoms with Crippen LogP contribution in [0.4, 0.5) is 0 Å². The van der Waals surface area contributed by atoms with Gasteiger partial charge in [-0.05, 0) is 0 Å². The van der Waals surface area contributed by atoms with E-state index in [4.69, 9.17) is 0 Å². The summed E-state index contributed by atoms with van der Waals surface area (Å²) in [6.45, 7) is 4.30. The van der Waals surface area contributed by atoms with Gasteiger partial charge in [0.25, 0.3) is 0 Å². The Bertz CT molecular complexity index is 662. The molecule has 2 heteroatoms. The van der Waals surface area contributed by atoms with E-state index in [1.165, 1.54) is 22.3 Å². The van der Waals surface area contributed by atoms with E-state index in [-0.39, 0.29) is 41.8 Å². The number of hydrogen-bond acceptors (Lipinski definition) is 0. The molecule has 0 atom stereocenters. The Morgan fingerprint density at radius 2 is 1.40 bits per heavy atom. The first-order chi connectivity index (χ1) is 9.70. The Labute approximate surface area is 141 Å². The van der Waals surface area contributed by atoms with Gasteiger partial charge in [-0.2, -0.15) is 0 Å². The number of benzene rings is 2. The van der Waals surface area contributed by atoms with Gasteiger partial charge in [-0.1, -0.05) is 0 Å². The van der Waals surface area contributed by atoms with Gasteiger partial charge in [0.2, 0.25) is 0 Å². The predicted molar refractivity (Wildman–Crippen MR) is 89.8 cm³/mol. The minimum atomic E-state index is -0.126. The SMILES string of the molecule is Cc1ccc(/C=C2/[Te]C=C(c3ccc(C)cc3)[Te]2)cc1. The van der Waals surface area contributed by atoms with E-state index in [1.807, 2.05) is 0 Å². The zero-order chi connectivity index (χ0) is 13.9. The Balaban J connectivity index is 1.75. The molecule has 0 bridgehead atoms. The van der Waals surface area contributed by atoms with Gasteiger partial charge in [-0.3, -0.25) is 0 Å². The van der Waals surface area contributed by atoms with Crippen molar-refractivity contribution in [3.05, 3.63) is 76.6 Å². The standard InChI is InChI=1S/C18H16Te2/c1-13-3-7-15(8-4-13)11-18-19-12-17(20-18)16-9-5-14(2)6-10-16/h3-12H,1-2H3/b18-11-. The van der Waals surface area contributed by atoms with Gasteiger partial charge in [0.1, 0.15) is 0 Å². The Hall–Kier alpha value is -0.501. The molecule has 0 radical (unpaired) electrons. The molecule has 3 rings (SSSR count). The van der Waals surface area contributed by atoms with E-state index in [9.17, 15) is 0 Å². The molecule has 0 fully saturated rings. The van der Waals surface area contributed by atoms with Gasteiger partial charge in [0.05, 0.1) is 0 Å². The fraction of sp³-hybridized carbons (Fsp3) is 0.111. The van der Waals surface area contributed by atoms with Gasteiger partial charge in [0.15, 0.2) is 0 Å². The molecule has 0 unspecified atom stereocenters. The molecule has 0 spiro atoms. The van der Waals surface area contributed by atoms with Crippen molar-refractivity contribution in [3.8, 4) is 0 Å². The monoisotopic (exact) mass is 492 g/mol. The molecule has 1 aliphatic rings. The zero-order valence-corrected chi connectivity index (χ0v) is 16.3. The maximum atomic E-state index is 2.55. The summed E-state index contributed by atoms with van der Waals surface area (Å²) in [5.74, 6) is 0. The van der Waals surface area contributed by atoms with E-state index >= 15 is 0 Å². The van der Waals surface area contributed by atoms with Crippen LogP contribution in [0, 0.1) is 13.8 Å². The molecule has 1 aliphatic heterocycles. The molecule has 1 heterocycles.